The number of hydrogen-bond donors (Lipinski definition) is 1. The second-order valence-corrected chi connectivity index (χ2v) is 5.24. The zero-order valence-corrected chi connectivity index (χ0v) is 11.4. The summed E-state index contributed by atoms with van der Waals surface area (Å²) >= 11 is 6.24. The molecule has 0 aromatic heterocycles. The molecule has 0 amide bonds. The fourth-order valence-corrected chi connectivity index (χ4v) is 3.10. The maximum Gasteiger partial charge on any atom is 0.337 e. The lowest BCUT2D eigenvalue weighted by Crippen LogP contribution is -2.35. The van der Waals surface area contributed by atoms with Crippen molar-refractivity contribution in [1.29, 1.82) is 0 Å². The van der Waals surface area contributed by atoms with E-state index in [0.29, 0.717) is 28.4 Å². The molecular formula is C14H18ClNO2. The van der Waals surface area contributed by atoms with E-state index >= 15 is 0 Å². The Morgan fingerprint density at radius 3 is 2.83 bits per heavy atom. The number of carbonyl (C=O) groups is 1. The minimum absolute atomic E-state index is 0.301. The van der Waals surface area contributed by atoms with Gasteiger partial charge in [-0.3, -0.25) is 0 Å². The van der Waals surface area contributed by atoms with Gasteiger partial charge < -0.3 is 10.0 Å². The highest BCUT2D eigenvalue weighted by Gasteiger charge is 2.33. The van der Waals surface area contributed by atoms with Gasteiger partial charge in [0.05, 0.1) is 16.3 Å². The van der Waals surface area contributed by atoms with Gasteiger partial charge in [-0.05, 0) is 38.3 Å². The molecule has 1 fully saturated rings. The summed E-state index contributed by atoms with van der Waals surface area (Å²) in [5, 5.41) is 9.84. The number of anilines is 1. The summed E-state index contributed by atoms with van der Waals surface area (Å²) in [6.07, 6.45) is 3.19. The lowest BCUT2D eigenvalue weighted by Gasteiger charge is -2.32. The quantitative estimate of drug-likeness (QED) is 0.905. The van der Waals surface area contributed by atoms with Crippen LogP contribution < -0.4 is 4.90 Å². The molecule has 1 aromatic carbocycles. The number of halogens is 1. The summed E-state index contributed by atoms with van der Waals surface area (Å²) < 4.78 is 0. The third-order valence-corrected chi connectivity index (χ3v) is 4.04. The average Bonchev–Trinajstić information content (AvgIpc) is 2.70. The maximum atomic E-state index is 11.3. The van der Waals surface area contributed by atoms with Crippen LogP contribution in [0.4, 0.5) is 5.69 Å². The molecule has 4 heteroatoms. The van der Waals surface area contributed by atoms with Crippen molar-refractivity contribution < 1.29 is 9.90 Å². The first kappa shape index (κ1) is 13.2. The zero-order chi connectivity index (χ0) is 13.3. The van der Waals surface area contributed by atoms with Gasteiger partial charge in [-0.15, -0.1) is 0 Å². The highest BCUT2D eigenvalue weighted by Crippen LogP contribution is 2.38. The molecule has 98 valence electrons. The Labute approximate surface area is 112 Å². The van der Waals surface area contributed by atoms with Crippen LogP contribution in [0.3, 0.4) is 0 Å². The Morgan fingerprint density at radius 1 is 1.50 bits per heavy atom. The molecule has 0 radical (unpaired) electrons. The third-order valence-electron chi connectivity index (χ3n) is 3.73. The van der Waals surface area contributed by atoms with Crippen molar-refractivity contribution in [3.05, 3.63) is 28.8 Å². The summed E-state index contributed by atoms with van der Waals surface area (Å²) in [4.78, 5) is 13.5. The van der Waals surface area contributed by atoms with Crippen molar-refractivity contribution in [1.82, 2.24) is 0 Å². The van der Waals surface area contributed by atoms with Crippen LogP contribution in [0.5, 0.6) is 0 Å². The van der Waals surface area contributed by atoms with Gasteiger partial charge in [0.2, 0.25) is 0 Å². The zero-order valence-electron chi connectivity index (χ0n) is 10.7. The molecule has 1 aliphatic rings. The molecular weight excluding hydrogens is 250 g/mol. The summed E-state index contributed by atoms with van der Waals surface area (Å²) in [5.41, 5.74) is 0.984. The number of nitrogens with zero attached hydrogens (tertiary/aromatic N) is 1. The van der Waals surface area contributed by atoms with Gasteiger partial charge in [0.1, 0.15) is 0 Å². The maximum absolute atomic E-state index is 11.3. The molecule has 0 aliphatic carbocycles. The normalized spacial score (nSPS) is 23.4. The van der Waals surface area contributed by atoms with Crippen LogP contribution in [0.15, 0.2) is 18.2 Å². The Hall–Kier alpha value is -1.22. The summed E-state index contributed by atoms with van der Waals surface area (Å²) in [7, 11) is 0. The molecule has 2 unspecified atom stereocenters. The van der Waals surface area contributed by atoms with Crippen LogP contribution in [0.2, 0.25) is 5.02 Å². The monoisotopic (exact) mass is 267 g/mol. The second-order valence-electron chi connectivity index (χ2n) is 4.84. The van der Waals surface area contributed by atoms with E-state index in [-0.39, 0.29) is 0 Å². The Morgan fingerprint density at radius 2 is 2.22 bits per heavy atom. The van der Waals surface area contributed by atoms with Crippen LogP contribution in [0.25, 0.3) is 0 Å². The Kier molecular flexibility index (Phi) is 3.81. The van der Waals surface area contributed by atoms with E-state index in [4.69, 9.17) is 11.6 Å². The Bertz CT molecular complexity index is 461. The van der Waals surface area contributed by atoms with Gasteiger partial charge in [0.25, 0.3) is 0 Å². The highest BCUT2D eigenvalue weighted by atomic mass is 35.5. The molecule has 2 atom stereocenters. The standard InChI is InChI=1S/C14H18ClNO2/c1-3-10-8-7-9(2)16(10)13-11(14(17)18)5-4-6-12(13)15/h4-6,9-10H,3,7-8H2,1-2H3,(H,17,18). The van der Waals surface area contributed by atoms with E-state index in [1.807, 2.05) is 0 Å². The number of para-hydroxylation sites is 1. The first-order valence-corrected chi connectivity index (χ1v) is 6.74. The van der Waals surface area contributed by atoms with E-state index in [9.17, 15) is 9.90 Å². The van der Waals surface area contributed by atoms with Gasteiger partial charge in [0, 0.05) is 12.1 Å². The van der Waals surface area contributed by atoms with E-state index in [2.05, 4.69) is 18.7 Å². The first-order valence-electron chi connectivity index (χ1n) is 6.36. The van der Waals surface area contributed by atoms with E-state index < -0.39 is 5.97 Å². The van der Waals surface area contributed by atoms with Crippen molar-refractivity contribution >= 4 is 23.3 Å². The number of aromatic carboxylic acids is 1. The highest BCUT2D eigenvalue weighted by molar-refractivity contribution is 6.34. The first-order chi connectivity index (χ1) is 8.56. The lowest BCUT2D eigenvalue weighted by atomic mass is 10.1. The molecule has 0 spiro atoms. The molecule has 18 heavy (non-hydrogen) atoms. The van der Waals surface area contributed by atoms with Crippen LogP contribution in [0, 0.1) is 0 Å². The van der Waals surface area contributed by atoms with Gasteiger partial charge in [-0.1, -0.05) is 24.6 Å². The summed E-state index contributed by atoms with van der Waals surface area (Å²) in [5.74, 6) is -0.915. The van der Waals surface area contributed by atoms with Gasteiger partial charge >= 0.3 is 5.97 Å². The number of carboxylic acid groups (broad SMARTS) is 1. The van der Waals surface area contributed by atoms with Crippen molar-refractivity contribution in [2.75, 3.05) is 4.90 Å². The van der Waals surface area contributed by atoms with Crippen LogP contribution in [-0.2, 0) is 0 Å². The molecule has 1 aromatic rings. The molecule has 0 saturated carbocycles. The molecule has 0 bridgehead atoms. The van der Waals surface area contributed by atoms with E-state index in [0.717, 1.165) is 19.3 Å². The van der Waals surface area contributed by atoms with Gasteiger partial charge in [-0.25, -0.2) is 4.79 Å². The summed E-state index contributed by atoms with van der Waals surface area (Å²) in [6.45, 7) is 4.26. The molecule has 1 N–H and O–H groups in total. The van der Waals surface area contributed by atoms with E-state index in [1.165, 1.54) is 0 Å². The number of hydrogen-bond acceptors (Lipinski definition) is 2. The largest absolute Gasteiger partial charge is 0.478 e. The van der Waals surface area contributed by atoms with Gasteiger partial charge in [0.15, 0.2) is 0 Å². The minimum atomic E-state index is -0.915. The van der Waals surface area contributed by atoms with Crippen LogP contribution in [0.1, 0.15) is 43.5 Å². The number of carboxylic acids is 1. The SMILES string of the molecule is CCC1CCC(C)N1c1c(Cl)cccc1C(=O)O. The number of benzene rings is 1. The van der Waals surface area contributed by atoms with E-state index in [1.54, 1.807) is 18.2 Å². The minimum Gasteiger partial charge on any atom is -0.478 e. The van der Waals surface area contributed by atoms with Crippen molar-refractivity contribution in [2.24, 2.45) is 0 Å². The molecule has 1 aliphatic heterocycles. The number of rotatable bonds is 3. The van der Waals surface area contributed by atoms with Gasteiger partial charge in [-0.2, -0.15) is 0 Å². The summed E-state index contributed by atoms with van der Waals surface area (Å²) in [6, 6.07) is 5.81. The van der Waals surface area contributed by atoms with Crippen LogP contribution >= 0.6 is 11.6 Å². The molecule has 3 nitrogen and oxygen atoms in total. The predicted octanol–water partition coefficient (Wildman–Crippen LogP) is 3.81. The van der Waals surface area contributed by atoms with Crippen LogP contribution in [-0.4, -0.2) is 23.2 Å². The third kappa shape index (κ3) is 2.19. The predicted molar refractivity (Wildman–Crippen MR) is 73.7 cm³/mol. The van der Waals surface area contributed by atoms with Crippen molar-refractivity contribution in [2.45, 2.75) is 45.2 Å². The molecule has 1 saturated heterocycles. The smallest absolute Gasteiger partial charge is 0.337 e. The lowest BCUT2D eigenvalue weighted by molar-refractivity contribution is 0.0697. The second kappa shape index (κ2) is 5.19. The molecule has 1 heterocycles. The topological polar surface area (TPSA) is 40.5 Å². The fraction of sp³-hybridized carbons (Fsp3) is 0.500. The fourth-order valence-electron chi connectivity index (χ4n) is 2.83. The average molecular weight is 268 g/mol. The molecule has 2 rings (SSSR count). The Balaban J connectivity index is 2.52. The van der Waals surface area contributed by atoms with Crippen molar-refractivity contribution in [3.63, 3.8) is 0 Å². The van der Waals surface area contributed by atoms with Crippen molar-refractivity contribution in [3.8, 4) is 0 Å².